The highest BCUT2D eigenvalue weighted by molar-refractivity contribution is 6.53. The molecule has 16 nitrogen and oxygen atoms in total. The molecule has 16 heteroatoms. The Kier molecular flexibility index (Phi) is 8.07. The number of benzene rings is 2. The Morgan fingerprint density at radius 3 is 2.24 bits per heavy atom. The van der Waals surface area contributed by atoms with Crippen LogP contribution < -0.4 is 5.73 Å². The summed E-state index contributed by atoms with van der Waals surface area (Å²) in [6.45, 7) is 2.98. The van der Waals surface area contributed by atoms with E-state index in [1.807, 2.05) is 0 Å². The van der Waals surface area contributed by atoms with Crippen molar-refractivity contribution in [2.75, 3.05) is 21.3 Å². The number of aryl methyl sites for hydroxylation is 1. The van der Waals surface area contributed by atoms with E-state index in [1.165, 1.54) is 27.2 Å². The van der Waals surface area contributed by atoms with Crippen LogP contribution in [0, 0.1) is 6.92 Å². The topological polar surface area (TPSA) is 265 Å². The summed E-state index contributed by atoms with van der Waals surface area (Å²) in [7, 11) is 3.60. The molecule has 2 aromatic rings. The van der Waals surface area contributed by atoms with Crippen molar-refractivity contribution in [3.63, 3.8) is 0 Å². The molecule has 0 radical (unpaired) electrons. The van der Waals surface area contributed by atoms with E-state index in [4.69, 9.17) is 24.7 Å². The molecule has 2 aromatic carbocycles. The first-order chi connectivity index (χ1) is 23.0. The van der Waals surface area contributed by atoms with Gasteiger partial charge in [0.2, 0.25) is 17.3 Å². The Morgan fingerprint density at radius 2 is 1.65 bits per heavy atom. The average Bonchev–Trinajstić information content (AvgIpc) is 3.02. The molecule has 0 bridgehead atoms. The van der Waals surface area contributed by atoms with Crippen LogP contribution in [0.3, 0.4) is 0 Å². The Morgan fingerprint density at radius 1 is 1.00 bits per heavy atom. The van der Waals surface area contributed by atoms with Crippen LogP contribution in [0.25, 0.3) is 5.70 Å². The smallest absolute Gasteiger partial charge is 0.339 e. The van der Waals surface area contributed by atoms with E-state index >= 15 is 0 Å². The lowest BCUT2D eigenvalue weighted by Crippen LogP contribution is -2.73. The number of carboxylic acid groups (broad SMARTS) is 1. The number of aliphatic hydroxyl groups excluding tert-OH is 2. The predicted octanol–water partition coefficient (Wildman–Crippen LogP) is -0.254. The van der Waals surface area contributed by atoms with Gasteiger partial charge in [0.1, 0.15) is 41.1 Å². The number of rotatable bonds is 5. The zero-order chi connectivity index (χ0) is 36.1. The molecule has 0 spiro atoms. The number of carbonyl (C=O) groups is 4. The number of nitrogens with zero attached hydrogens (tertiary/aromatic N) is 1. The van der Waals surface area contributed by atoms with E-state index in [2.05, 4.69) is 4.99 Å². The summed E-state index contributed by atoms with van der Waals surface area (Å²) in [5.41, 5.74) is -3.97. The fourth-order valence-electron chi connectivity index (χ4n) is 7.74. The number of phenolic OH excluding ortho intramolecular Hbond substituents is 1. The van der Waals surface area contributed by atoms with Crippen molar-refractivity contribution in [3.8, 4) is 11.5 Å². The third kappa shape index (κ3) is 4.32. The number of ketones is 3. The minimum atomic E-state index is -3.25. The van der Waals surface area contributed by atoms with E-state index in [1.54, 1.807) is 6.92 Å². The first-order valence-electron chi connectivity index (χ1n) is 15.1. The van der Waals surface area contributed by atoms with Crippen LogP contribution in [0.1, 0.15) is 70.6 Å². The molecular formula is C33H34N2O14. The first kappa shape index (κ1) is 34.3. The summed E-state index contributed by atoms with van der Waals surface area (Å²) in [5, 5.41) is 67.1. The molecule has 1 saturated heterocycles. The number of hydrogen-bond acceptors (Lipinski definition) is 15. The lowest BCUT2D eigenvalue weighted by atomic mass is 9.56. The predicted molar refractivity (Wildman–Crippen MR) is 166 cm³/mol. The molecule has 1 fully saturated rings. The second kappa shape index (κ2) is 11.5. The van der Waals surface area contributed by atoms with Gasteiger partial charge in [0.05, 0.1) is 23.3 Å². The Balaban J connectivity index is 1.56. The number of phenols is 2. The number of ether oxygens (including phenoxy) is 4. The summed E-state index contributed by atoms with van der Waals surface area (Å²) < 4.78 is 22.0. The SMILES string of the molecule is CO[C@@H]1[C@@H](O)[C@@H](OC)[C@@H](N=C2C=C(N)c3c(cc4c(c3O)C(=O)C3(OC)C(O)Cc5cc(C)c(C(=O)O)c(O)c5C3(O)C4=O)C2=O)O[C@H]1C. The lowest BCUT2D eigenvalue weighted by Gasteiger charge is -2.52. The number of nitrogens with two attached hydrogens (primary N) is 1. The first-order valence-corrected chi connectivity index (χ1v) is 15.1. The van der Waals surface area contributed by atoms with Gasteiger partial charge in [-0.15, -0.1) is 0 Å². The quantitative estimate of drug-likeness (QED) is 0.214. The highest BCUT2D eigenvalue weighted by Gasteiger charge is 2.72. The fraction of sp³-hybridized carbons (Fsp3) is 0.424. The van der Waals surface area contributed by atoms with E-state index < -0.39 is 117 Å². The number of aliphatic hydroxyl groups is 3. The van der Waals surface area contributed by atoms with Gasteiger partial charge in [0.15, 0.2) is 17.4 Å². The highest BCUT2D eigenvalue weighted by atomic mass is 16.6. The highest BCUT2D eigenvalue weighted by Crippen LogP contribution is 2.56. The third-order valence-electron chi connectivity index (χ3n) is 9.98. The molecular weight excluding hydrogens is 648 g/mol. The molecule has 0 amide bonds. The van der Waals surface area contributed by atoms with Gasteiger partial charge in [-0.2, -0.15) is 0 Å². The number of Topliss-reactive ketones (excluding diaryl/α,β-unsaturated/α-hetero) is 3. The number of allylic oxidation sites excluding steroid dienone is 1. The zero-order valence-corrected chi connectivity index (χ0v) is 26.9. The second-order valence-electron chi connectivity index (χ2n) is 12.4. The van der Waals surface area contributed by atoms with E-state index in [0.717, 1.165) is 19.3 Å². The average molecular weight is 683 g/mol. The van der Waals surface area contributed by atoms with Gasteiger partial charge >= 0.3 is 5.97 Å². The lowest BCUT2D eigenvalue weighted by molar-refractivity contribution is -0.228. The van der Waals surface area contributed by atoms with Crippen molar-refractivity contribution in [2.45, 2.75) is 68.2 Å². The number of aromatic hydroxyl groups is 2. The summed E-state index contributed by atoms with van der Waals surface area (Å²) >= 11 is 0. The summed E-state index contributed by atoms with van der Waals surface area (Å²) in [4.78, 5) is 59.3. The molecule has 1 heterocycles. The molecule has 4 aliphatic rings. The van der Waals surface area contributed by atoms with Gasteiger partial charge in [-0.1, -0.05) is 6.07 Å². The molecule has 3 aliphatic carbocycles. The normalized spacial score (nSPS) is 33.0. The molecule has 8 N–H and O–H groups in total. The van der Waals surface area contributed by atoms with Gasteiger partial charge in [-0.05, 0) is 37.1 Å². The van der Waals surface area contributed by atoms with Gasteiger partial charge in [-0.3, -0.25) is 14.4 Å². The number of aliphatic imine (C=N–C) groups is 1. The van der Waals surface area contributed by atoms with E-state index in [-0.39, 0.29) is 28.1 Å². The van der Waals surface area contributed by atoms with Gasteiger partial charge in [0.25, 0.3) is 0 Å². The van der Waals surface area contributed by atoms with Crippen LogP contribution in [-0.2, 0) is 31.0 Å². The number of aromatic carboxylic acids is 1. The summed E-state index contributed by atoms with van der Waals surface area (Å²) in [5.74, 6) is -7.16. The van der Waals surface area contributed by atoms with Crippen LogP contribution in [-0.4, -0.2) is 123 Å². The van der Waals surface area contributed by atoms with Crippen LogP contribution >= 0.6 is 0 Å². The largest absolute Gasteiger partial charge is 0.507 e. The number of carbonyl (C=O) groups excluding carboxylic acids is 3. The third-order valence-corrected chi connectivity index (χ3v) is 9.98. The number of carboxylic acids is 1. The summed E-state index contributed by atoms with van der Waals surface area (Å²) in [6, 6.07) is 2.17. The van der Waals surface area contributed by atoms with Crippen LogP contribution in [0.5, 0.6) is 11.5 Å². The Hall–Kier alpha value is -4.55. The van der Waals surface area contributed by atoms with Crippen LogP contribution in [0.4, 0.5) is 0 Å². The minimum absolute atomic E-state index is 0.0422. The Bertz CT molecular complexity index is 1920. The van der Waals surface area contributed by atoms with Crippen molar-refractivity contribution < 1.29 is 68.8 Å². The number of hydrogen-bond donors (Lipinski definition) is 7. The zero-order valence-electron chi connectivity index (χ0n) is 26.9. The molecule has 0 aromatic heterocycles. The standard InChI is InChI=1S/C33H34N2O14/c1-10-6-12-7-17(36)33(48-5)29(42)20-14(28(41)32(33,45)21(12)24(39)18(10)31(43)44)8-13-19(23(20)38)15(34)9-16(22(13)37)35-30-27(47-4)25(40)26(46-3)11(2)49-30/h6,8-9,11,17,25-27,30,36,38-40,45H,7,34H2,1-5H3,(H,43,44)/t11-,17?,25+,26-,27+,30-,32?,33?/m0/s1. The molecule has 8 atom stereocenters. The molecule has 3 unspecified atom stereocenters. The maximum atomic E-state index is 14.5. The monoisotopic (exact) mass is 682 g/mol. The fourth-order valence-corrected chi connectivity index (χ4v) is 7.74. The molecule has 260 valence electrons. The van der Waals surface area contributed by atoms with Gasteiger partial charge < -0.3 is 55.3 Å². The van der Waals surface area contributed by atoms with Crippen molar-refractivity contribution in [2.24, 2.45) is 10.7 Å². The van der Waals surface area contributed by atoms with Crippen LogP contribution in [0.15, 0.2) is 23.2 Å². The van der Waals surface area contributed by atoms with Gasteiger partial charge in [0, 0.05) is 50.1 Å². The number of fused-ring (bicyclic) bond motifs is 5. The molecule has 49 heavy (non-hydrogen) atoms. The van der Waals surface area contributed by atoms with E-state index in [9.17, 15) is 49.8 Å². The molecule has 6 rings (SSSR count). The van der Waals surface area contributed by atoms with Crippen molar-refractivity contribution in [1.29, 1.82) is 0 Å². The van der Waals surface area contributed by atoms with Crippen molar-refractivity contribution in [3.05, 3.63) is 62.7 Å². The molecule has 0 saturated carbocycles. The Labute approximate surface area is 278 Å². The number of methoxy groups -OCH3 is 3. The van der Waals surface area contributed by atoms with Crippen molar-refractivity contribution >= 4 is 34.7 Å². The molecule has 1 aliphatic heterocycles. The van der Waals surface area contributed by atoms with Crippen molar-refractivity contribution in [1.82, 2.24) is 0 Å². The van der Waals surface area contributed by atoms with Gasteiger partial charge in [-0.25, -0.2) is 9.79 Å². The van der Waals surface area contributed by atoms with Crippen LogP contribution in [0.2, 0.25) is 0 Å². The second-order valence-corrected chi connectivity index (χ2v) is 12.4. The summed E-state index contributed by atoms with van der Waals surface area (Å²) in [6.07, 6.45) is -6.32. The maximum absolute atomic E-state index is 14.5. The maximum Gasteiger partial charge on any atom is 0.339 e. The minimum Gasteiger partial charge on any atom is -0.507 e. The van der Waals surface area contributed by atoms with E-state index in [0.29, 0.717) is 0 Å².